The number of carbonyl (C=O) groups is 2. The molecule has 3 aromatic rings. The molecule has 190 valence electrons. The van der Waals surface area contributed by atoms with Crippen molar-refractivity contribution in [2.75, 3.05) is 11.9 Å². The number of benzene rings is 3. The van der Waals surface area contributed by atoms with Crippen molar-refractivity contribution in [1.82, 2.24) is 10.2 Å². The third-order valence-corrected chi connectivity index (χ3v) is 8.41. The highest BCUT2D eigenvalue weighted by atomic mass is 19.1. The lowest BCUT2D eigenvalue weighted by molar-refractivity contribution is -0.138. The Kier molecular flexibility index (Phi) is 6.41. The number of anilines is 1. The van der Waals surface area contributed by atoms with E-state index in [4.69, 9.17) is 0 Å². The van der Waals surface area contributed by atoms with Crippen LogP contribution in [-0.4, -0.2) is 29.3 Å². The van der Waals surface area contributed by atoms with Gasteiger partial charge in [0, 0.05) is 29.6 Å². The third kappa shape index (κ3) is 4.39. The first-order chi connectivity index (χ1) is 18.1. The number of carbonyl (C=O) groups excluding carboxylic acids is 2. The molecule has 6 rings (SSSR count). The lowest BCUT2D eigenvalue weighted by atomic mass is 9.79. The Balaban J connectivity index is 1.30. The van der Waals surface area contributed by atoms with Crippen molar-refractivity contribution in [2.24, 2.45) is 11.8 Å². The van der Waals surface area contributed by atoms with Crippen molar-refractivity contribution in [3.8, 4) is 0 Å². The first-order valence-corrected chi connectivity index (χ1v) is 13.4. The highest BCUT2D eigenvalue weighted by molar-refractivity contribution is 5.95. The molecule has 3 aromatic carbocycles. The molecule has 5 atom stereocenters. The predicted octanol–water partition coefficient (Wildman–Crippen LogP) is 5.87. The molecule has 6 heteroatoms. The summed E-state index contributed by atoms with van der Waals surface area (Å²) in [5, 5.41) is 6.64. The van der Waals surface area contributed by atoms with E-state index < -0.39 is 0 Å². The van der Waals surface area contributed by atoms with Crippen molar-refractivity contribution in [3.05, 3.63) is 101 Å². The summed E-state index contributed by atoms with van der Waals surface area (Å²) in [6.45, 7) is 0.630. The Labute approximate surface area is 217 Å². The number of hydrogen-bond donors (Lipinski definition) is 2. The molecule has 2 amide bonds. The van der Waals surface area contributed by atoms with Crippen LogP contribution in [0.4, 0.5) is 10.1 Å². The largest absolute Gasteiger partial charge is 0.375 e. The summed E-state index contributed by atoms with van der Waals surface area (Å²) in [4.78, 5) is 29.1. The third-order valence-electron chi connectivity index (χ3n) is 8.41. The van der Waals surface area contributed by atoms with Crippen LogP contribution in [0, 0.1) is 17.7 Å². The first-order valence-electron chi connectivity index (χ1n) is 13.4. The van der Waals surface area contributed by atoms with E-state index in [1.807, 2.05) is 47.4 Å². The van der Waals surface area contributed by atoms with Crippen LogP contribution in [0.15, 0.2) is 78.9 Å². The second kappa shape index (κ2) is 10.0. The van der Waals surface area contributed by atoms with Gasteiger partial charge in [0.2, 0.25) is 5.91 Å². The number of nitrogens with zero attached hydrogens (tertiary/aromatic N) is 1. The van der Waals surface area contributed by atoms with E-state index in [1.54, 1.807) is 18.2 Å². The van der Waals surface area contributed by atoms with E-state index >= 15 is 4.39 Å². The number of amides is 2. The van der Waals surface area contributed by atoms with Crippen molar-refractivity contribution in [2.45, 2.75) is 50.2 Å². The summed E-state index contributed by atoms with van der Waals surface area (Å²) in [7, 11) is 0. The number of para-hydroxylation sites is 1. The van der Waals surface area contributed by atoms with Gasteiger partial charge < -0.3 is 15.5 Å². The van der Waals surface area contributed by atoms with Crippen LogP contribution < -0.4 is 10.6 Å². The van der Waals surface area contributed by atoms with Crippen LogP contribution >= 0.6 is 0 Å². The summed E-state index contributed by atoms with van der Waals surface area (Å²) < 4.78 is 15.1. The van der Waals surface area contributed by atoms with Crippen LogP contribution in [0.5, 0.6) is 0 Å². The van der Waals surface area contributed by atoms with Crippen LogP contribution in [-0.2, 0) is 4.79 Å². The van der Waals surface area contributed by atoms with Gasteiger partial charge in [-0.05, 0) is 43.0 Å². The average molecular weight is 498 g/mol. The minimum atomic E-state index is -0.290. The van der Waals surface area contributed by atoms with Gasteiger partial charge in [-0.3, -0.25) is 9.59 Å². The van der Waals surface area contributed by atoms with Gasteiger partial charge in [0.15, 0.2) is 0 Å². The normalized spacial score (nSPS) is 26.5. The lowest BCUT2D eigenvalue weighted by Gasteiger charge is -2.42. The zero-order valence-electron chi connectivity index (χ0n) is 20.8. The Bertz CT molecular complexity index is 1280. The standard InChI is InChI=1S/C31H32FN3O2/c32-25-16-9-15-23-28(25)34-27(20-10-3-1-4-11-20)24-18-19-35(29(23)24)31(37)22-14-7-8-17-26(22)33-30(36)21-12-5-2-6-13-21/h1-6,9-13,15-16,22,24,26-27,29,34H,7-8,14,17-19H2,(H,33,36)/t22-,24-,26+,27+,29+/m0/s1. The van der Waals surface area contributed by atoms with Crippen LogP contribution in [0.25, 0.3) is 0 Å². The molecular formula is C31H32FN3O2. The predicted molar refractivity (Wildman–Crippen MR) is 141 cm³/mol. The molecule has 1 saturated heterocycles. The molecule has 0 spiro atoms. The van der Waals surface area contributed by atoms with E-state index in [1.165, 1.54) is 6.07 Å². The van der Waals surface area contributed by atoms with Crippen LogP contribution in [0.2, 0.25) is 0 Å². The molecule has 3 aliphatic rings. The minimum Gasteiger partial charge on any atom is -0.375 e. The fourth-order valence-corrected chi connectivity index (χ4v) is 6.66. The second-order valence-electron chi connectivity index (χ2n) is 10.5. The molecule has 0 radical (unpaired) electrons. The molecule has 2 aliphatic heterocycles. The zero-order valence-corrected chi connectivity index (χ0v) is 20.8. The summed E-state index contributed by atoms with van der Waals surface area (Å²) in [5.41, 5.74) is 3.05. The molecular weight excluding hydrogens is 465 g/mol. The van der Waals surface area contributed by atoms with E-state index in [0.717, 1.165) is 43.2 Å². The van der Waals surface area contributed by atoms with Gasteiger partial charge in [0.05, 0.1) is 23.7 Å². The fraction of sp³-hybridized carbons (Fsp3) is 0.355. The summed E-state index contributed by atoms with van der Waals surface area (Å²) >= 11 is 0. The first kappa shape index (κ1) is 23.7. The van der Waals surface area contributed by atoms with Gasteiger partial charge in [-0.25, -0.2) is 4.39 Å². The molecule has 1 aliphatic carbocycles. The van der Waals surface area contributed by atoms with Crippen LogP contribution in [0.3, 0.4) is 0 Å². The molecule has 5 nitrogen and oxygen atoms in total. The van der Waals surface area contributed by atoms with Crippen LogP contribution in [0.1, 0.15) is 65.7 Å². The summed E-state index contributed by atoms with van der Waals surface area (Å²) in [5.74, 6) is -0.483. The Morgan fingerprint density at radius 2 is 1.59 bits per heavy atom. The topological polar surface area (TPSA) is 61.4 Å². The van der Waals surface area contributed by atoms with Gasteiger partial charge in [0.25, 0.3) is 5.91 Å². The molecule has 37 heavy (non-hydrogen) atoms. The van der Waals surface area contributed by atoms with Gasteiger partial charge in [0.1, 0.15) is 5.82 Å². The number of fused-ring (bicyclic) bond motifs is 3. The van der Waals surface area contributed by atoms with Gasteiger partial charge in [-0.15, -0.1) is 0 Å². The van der Waals surface area contributed by atoms with Crippen molar-refractivity contribution in [1.29, 1.82) is 0 Å². The van der Waals surface area contributed by atoms with Gasteiger partial charge >= 0.3 is 0 Å². The number of halogens is 1. The maximum atomic E-state index is 15.1. The highest BCUT2D eigenvalue weighted by Crippen LogP contribution is 2.52. The van der Waals surface area contributed by atoms with Crippen molar-refractivity contribution < 1.29 is 14.0 Å². The Morgan fingerprint density at radius 3 is 2.38 bits per heavy atom. The molecule has 2 fully saturated rings. The van der Waals surface area contributed by atoms with Gasteiger partial charge in [-0.1, -0.05) is 73.5 Å². The van der Waals surface area contributed by atoms with Gasteiger partial charge in [-0.2, -0.15) is 0 Å². The number of rotatable bonds is 4. The molecule has 0 aromatic heterocycles. The number of nitrogens with one attached hydrogen (secondary N) is 2. The van der Waals surface area contributed by atoms with E-state index in [2.05, 4.69) is 22.8 Å². The summed E-state index contributed by atoms with van der Waals surface area (Å²) in [6.07, 6.45) is 4.34. The summed E-state index contributed by atoms with van der Waals surface area (Å²) in [6, 6.07) is 24.0. The number of likely N-dealkylation sites (tertiary alicyclic amines) is 1. The number of hydrogen-bond acceptors (Lipinski definition) is 3. The smallest absolute Gasteiger partial charge is 0.251 e. The van der Waals surface area contributed by atoms with Crippen molar-refractivity contribution in [3.63, 3.8) is 0 Å². The SMILES string of the molecule is O=C(N[C@@H]1CCCC[C@@H]1C(=O)N1CC[C@H]2[C@@H](c3ccccc3)Nc3c(F)cccc3[C@H]21)c1ccccc1. The molecule has 1 saturated carbocycles. The molecule has 0 bridgehead atoms. The zero-order chi connectivity index (χ0) is 25.4. The van der Waals surface area contributed by atoms with E-state index in [9.17, 15) is 9.59 Å². The highest BCUT2D eigenvalue weighted by Gasteiger charge is 2.49. The van der Waals surface area contributed by atoms with Crippen molar-refractivity contribution >= 4 is 17.5 Å². The molecule has 0 unspecified atom stereocenters. The lowest BCUT2D eigenvalue weighted by Crippen LogP contribution is -2.50. The molecule has 2 N–H and O–H groups in total. The fourth-order valence-electron chi connectivity index (χ4n) is 6.66. The maximum Gasteiger partial charge on any atom is 0.251 e. The maximum absolute atomic E-state index is 15.1. The average Bonchev–Trinajstić information content (AvgIpc) is 3.39. The Hall–Kier alpha value is -3.67. The molecule has 2 heterocycles. The Morgan fingerprint density at radius 1 is 0.865 bits per heavy atom. The van der Waals surface area contributed by atoms with E-state index in [-0.39, 0.29) is 47.6 Å². The quantitative estimate of drug-likeness (QED) is 0.474. The van der Waals surface area contributed by atoms with E-state index in [0.29, 0.717) is 17.8 Å². The monoisotopic (exact) mass is 497 g/mol. The minimum absolute atomic E-state index is 0.0756. The second-order valence-corrected chi connectivity index (χ2v) is 10.5.